The molecule has 1 aromatic carbocycles. The Bertz CT molecular complexity index is 962. The summed E-state index contributed by atoms with van der Waals surface area (Å²) in [6.07, 6.45) is 1.20. The Labute approximate surface area is 157 Å². The van der Waals surface area contributed by atoms with Crippen LogP contribution in [0.4, 0.5) is 0 Å². The number of nitrogens with zero attached hydrogens (tertiary/aromatic N) is 2. The molecule has 0 amide bonds. The van der Waals surface area contributed by atoms with Gasteiger partial charge in [0, 0.05) is 54.3 Å². The molecular formula is C22H22N2OS. The van der Waals surface area contributed by atoms with Crippen LogP contribution >= 0.6 is 11.3 Å². The van der Waals surface area contributed by atoms with Gasteiger partial charge in [-0.25, -0.2) is 0 Å². The van der Waals surface area contributed by atoms with Crippen LogP contribution in [0, 0.1) is 5.92 Å². The molecule has 0 unspecified atom stereocenters. The van der Waals surface area contributed by atoms with Gasteiger partial charge in [0.2, 0.25) is 0 Å². The van der Waals surface area contributed by atoms with Crippen LogP contribution in [0.15, 0.2) is 64.8 Å². The lowest BCUT2D eigenvalue weighted by molar-refractivity contribution is 0.115. The average Bonchev–Trinajstić information content (AvgIpc) is 3.18. The molecule has 1 fully saturated rings. The van der Waals surface area contributed by atoms with Gasteiger partial charge in [-0.2, -0.15) is 0 Å². The second-order valence-electron chi connectivity index (χ2n) is 7.54. The summed E-state index contributed by atoms with van der Waals surface area (Å²) in [5, 5.41) is 2.12. The van der Waals surface area contributed by atoms with Gasteiger partial charge in [0.1, 0.15) is 0 Å². The Morgan fingerprint density at radius 1 is 0.962 bits per heavy atom. The zero-order chi connectivity index (χ0) is 17.5. The third-order valence-corrected chi connectivity index (χ3v) is 6.60. The molecule has 4 heteroatoms. The number of hydrogen-bond acceptors (Lipinski definition) is 3. The van der Waals surface area contributed by atoms with Crippen molar-refractivity contribution < 1.29 is 0 Å². The maximum Gasteiger partial charge on any atom is 0.250 e. The molecule has 3 nitrogen and oxygen atoms in total. The molecule has 2 aromatic heterocycles. The number of likely N-dealkylation sites (tertiary alicyclic amines) is 1. The van der Waals surface area contributed by atoms with Crippen molar-refractivity contribution in [2.45, 2.75) is 25.4 Å². The van der Waals surface area contributed by atoms with Gasteiger partial charge in [-0.1, -0.05) is 36.4 Å². The van der Waals surface area contributed by atoms with Crippen LogP contribution in [-0.4, -0.2) is 22.6 Å². The van der Waals surface area contributed by atoms with E-state index >= 15 is 0 Å². The summed E-state index contributed by atoms with van der Waals surface area (Å²) in [4.78, 5) is 16.4. The van der Waals surface area contributed by atoms with E-state index in [0.29, 0.717) is 11.8 Å². The highest BCUT2D eigenvalue weighted by Crippen LogP contribution is 2.41. The van der Waals surface area contributed by atoms with Crippen molar-refractivity contribution in [3.05, 3.63) is 81.6 Å². The molecular weight excluding hydrogens is 340 g/mol. The zero-order valence-corrected chi connectivity index (χ0v) is 15.5. The zero-order valence-electron chi connectivity index (χ0n) is 14.7. The molecule has 132 valence electrons. The molecule has 2 bridgehead atoms. The molecule has 1 saturated heterocycles. The first-order valence-corrected chi connectivity index (χ1v) is 10.2. The predicted octanol–water partition coefficient (Wildman–Crippen LogP) is 4.20. The number of rotatable bonds is 3. The summed E-state index contributed by atoms with van der Waals surface area (Å²) in [6.45, 7) is 3.97. The first-order valence-electron chi connectivity index (χ1n) is 9.32. The van der Waals surface area contributed by atoms with Gasteiger partial charge in [-0.05, 0) is 35.4 Å². The van der Waals surface area contributed by atoms with Crippen molar-refractivity contribution in [1.29, 1.82) is 0 Å². The molecule has 2 aliphatic rings. The van der Waals surface area contributed by atoms with Gasteiger partial charge in [0.05, 0.1) is 0 Å². The summed E-state index contributed by atoms with van der Waals surface area (Å²) >= 11 is 1.76. The van der Waals surface area contributed by atoms with E-state index in [9.17, 15) is 4.79 Å². The third-order valence-electron chi connectivity index (χ3n) is 5.70. The monoisotopic (exact) mass is 362 g/mol. The van der Waals surface area contributed by atoms with Crippen molar-refractivity contribution >= 4 is 11.3 Å². The normalized spacial score (nSPS) is 22.2. The molecule has 5 rings (SSSR count). The minimum Gasteiger partial charge on any atom is -0.311 e. The highest BCUT2D eigenvalue weighted by Gasteiger charge is 2.36. The largest absolute Gasteiger partial charge is 0.311 e. The maximum atomic E-state index is 12.5. The Morgan fingerprint density at radius 3 is 2.65 bits per heavy atom. The Kier molecular flexibility index (Phi) is 4.03. The minimum absolute atomic E-state index is 0.159. The first-order chi connectivity index (χ1) is 12.8. The topological polar surface area (TPSA) is 25.2 Å². The number of thiophene rings is 1. The Morgan fingerprint density at radius 2 is 1.85 bits per heavy atom. The molecule has 0 N–H and O–H groups in total. The lowest BCUT2D eigenvalue weighted by Gasteiger charge is -2.43. The van der Waals surface area contributed by atoms with Crippen LogP contribution in [0.2, 0.25) is 0 Å². The lowest BCUT2D eigenvalue weighted by atomic mass is 9.81. The van der Waals surface area contributed by atoms with Crippen LogP contribution in [0.25, 0.3) is 10.4 Å². The molecule has 0 spiro atoms. The number of hydrogen-bond donors (Lipinski definition) is 0. The number of aromatic nitrogens is 1. The molecule has 2 aliphatic heterocycles. The fraction of sp³-hybridized carbons (Fsp3) is 0.318. The maximum absolute atomic E-state index is 12.5. The molecule has 26 heavy (non-hydrogen) atoms. The molecule has 3 aromatic rings. The molecule has 0 aliphatic carbocycles. The Balaban J connectivity index is 1.51. The van der Waals surface area contributed by atoms with Crippen molar-refractivity contribution in [3.8, 4) is 10.4 Å². The van der Waals surface area contributed by atoms with E-state index in [1.54, 1.807) is 17.4 Å². The van der Waals surface area contributed by atoms with Gasteiger partial charge in [-0.15, -0.1) is 11.3 Å². The highest BCUT2D eigenvalue weighted by molar-refractivity contribution is 7.13. The predicted molar refractivity (Wildman–Crippen MR) is 107 cm³/mol. The van der Waals surface area contributed by atoms with E-state index in [0.717, 1.165) is 26.2 Å². The van der Waals surface area contributed by atoms with E-state index in [4.69, 9.17) is 0 Å². The lowest BCUT2D eigenvalue weighted by Crippen LogP contribution is -2.46. The third kappa shape index (κ3) is 2.83. The van der Waals surface area contributed by atoms with E-state index in [-0.39, 0.29) is 5.56 Å². The van der Waals surface area contributed by atoms with Gasteiger partial charge in [0.25, 0.3) is 5.56 Å². The van der Waals surface area contributed by atoms with Crippen molar-refractivity contribution in [3.63, 3.8) is 0 Å². The van der Waals surface area contributed by atoms with E-state index < -0.39 is 0 Å². The smallest absolute Gasteiger partial charge is 0.250 e. The highest BCUT2D eigenvalue weighted by atomic mass is 32.1. The fourth-order valence-electron chi connectivity index (χ4n) is 4.72. The Hall–Kier alpha value is -2.17. The number of piperidine rings is 1. The number of benzene rings is 1. The second kappa shape index (κ2) is 6.53. The first kappa shape index (κ1) is 16.0. The van der Waals surface area contributed by atoms with Gasteiger partial charge < -0.3 is 4.57 Å². The summed E-state index contributed by atoms with van der Waals surface area (Å²) < 4.78 is 2.06. The van der Waals surface area contributed by atoms with Crippen molar-refractivity contribution in [2.24, 2.45) is 5.92 Å². The van der Waals surface area contributed by atoms with Gasteiger partial charge >= 0.3 is 0 Å². The van der Waals surface area contributed by atoms with Crippen LogP contribution in [0.5, 0.6) is 0 Å². The number of pyridine rings is 1. The van der Waals surface area contributed by atoms with Gasteiger partial charge in [0.15, 0.2) is 0 Å². The van der Waals surface area contributed by atoms with E-state index in [1.807, 2.05) is 6.07 Å². The average molecular weight is 362 g/mol. The second-order valence-corrected chi connectivity index (χ2v) is 8.48. The van der Waals surface area contributed by atoms with E-state index in [1.165, 1.54) is 28.1 Å². The number of fused-ring (bicyclic) bond motifs is 4. The van der Waals surface area contributed by atoms with Gasteiger partial charge in [-0.3, -0.25) is 9.69 Å². The summed E-state index contributed by atoms with van der Waals surface area (Å²) in [6, 6.07) is 18.8. The van der Waals surface area contributed by atoms with E-state index in [2.05, 4.69) is 57.3 Å². The summed E-state index contributed by atoms with van der Waals surface area (Å²) in [5.74, 6) is 1.01. The van der Waals surface area contributed by atoms with Crippen LogP contribution in [-0.2, 0) is 13.1 Å². The van der Waals surface area contributed by atoms with Crippen LogP contribution in [0.1, 0.15) is 23.6 Å². The SMILES string of the molecule is O=c1ccc(-c2cccs2)c2n1C[C@H]1C[C@@H]2CN(Cc2ccccc2)C1. The van der Waals surface area contributed by atoms with Crippen molar-refractivity contribution in [2.75, 3.05) is 13.1 Å². The molecule has 4 heterocycles. The minimum atomic E-state index is 0.159. The molecule has 0 saturated carbocycles. The standard InChI is InChI=1S/C22H22N2OS/c25-21-9-8-19(20-7-4-10-26-20)22-18-11-17(14-24(21)22)13-23(15-18)12-16-5-2-1-3-6-16/h1-10,17-18H,11-15H2/t17-,18+/m0/s1. The quantitative estimate of drug-likeness (QED) is 0.698. The summed E-state index contributed by atoms with van der Waals surface area (Å²) in [5.41, 5.74) is 4.04. The van der Waals surface area contributed by atoms with Crippen molar-refractivity contribution in [1.82, 2.24) is 9.47 Å². The fourth-order valence-corrected chi connectivity index (χ4v) is 5.49. The molecule has 0 radical (unpaired) electrons. The van der Waals surface area contributed by atoms with Crippen LogP contribution in [0.3, 0.4) is 0 Å². The van der Waals surface area contributed by atoms with Crippen LogP contribution < -0.4 is 5.56 Å². The molecule has 2 atom stereocenters. The summed E-state index contributed by atoms with van der Waals surface area (Å²) in [7, 11) is 0.